The molecule has 0 spiro atoms. The fraction of sp³-hybridized carbons (Fsp3) is 0.480. The SMILES string of the molecule is O=C([C@H]1CCCN(Cc2c(Cl)cccc2Cl)C1)N1CCC(Cc2ccccc2)CC1. The highest BCUT2D eigenvalue weighted by molar-refractivity contribution is 6.35. The number of carbonyl (C=O) groups is 1. The summed E-state index contributed by atoms with van der Waals surface area (Å²) in [6.45, 7) is 4.28. The third-order valence-corrected chi connectivity index (χ3v) is 7.30. The molecule has 0 unspecified atom stereocenters. The zero-order valence-corrected chi connectivity index (χ0v) is 18.9. The number of rotatable bonds is 5. The van der Waals surface area contributed by atoms with Crippen molar-refractivity contribution < 1.29 is 4.79 Å². The van der Waals surface area contributed by atoms with E-state index in [1.807, 2.05) is 18.2 Å². The van der Waals surface area contributed by atoms with Gasteiger partial charge in [-0.1, -0.05) is 59.6 Å². The van der Waals surface area contributed by atoms with E-state index in [0.29, 0.717) is 28.4 Å². The third kappa shape index (κ3) is 5.38. The smallest absolute Gasteiger partial charge is 0.226 e. The molecule has 5 heteroatoms. The van der Waals surface area contributed by atoms with Crippen molar-refractivity contribution in [2.45, 2.75) is 38.6 Å². The molecule has 2 aromatic rings. The summed E-state index contributed by atoms with van der Waals surface area (Å²) in [5, 5.41) is 1.41. The van der Waals surface area contributed by atoms with E-state index in [0.717, 1.165) is 63.8 Å². The van der Waals surface area contributed by atoms with E-state index in [2.05, 4.69) is 40.1 Å². The van der Waals surface area contributed by atoms with E-state index >= 15 is 0 Å². The number of piperidine rings is 2. The molecule has 1 atom stereocenters. The molecular formula is C25H30Cl2N2O. The van der Waals surface area contributed by atoms with Crippen LogP contribution in [0.5, 0.6) is 0 Å². The van der Waals surface area contributed by atoms with Gasteiger partial charge in [0.1, 0.15) is 0 Å². The summed E-state index contributed by atoms with van der Waals surface area (Å²) >= 11 is 12.7. The van der Waals surface area contributed by atoms with Crippen molar-refractivity contribution in [1.29, 1.82) is 0 Å². The molecule has 0 aromatic heterocycles. The lowest BCUT2D eigenvalue weighted by molar-refractivity contribution is -0.138. The summed E-state index contributed by atoms with van der Waals surface area (Å²) in [6, 6.07) is 16.3. The highest BCUT2D eigenvalue weighted by Gasteiger charge is 2.31. The minimum Gasteiger partial charge on any atom is -0.342 e. The monoisotopic (exact) mass is 444 g/mol. The Morgan fingerprint density at radius 3 is 2.30 bits per heavy atom. The van der Waals surface area contributed by atoms with Crippen molar-refractivity contribution in [2.75, 3.05) is 26.2 Å². The lowest BCUT2D eigenvalue weighted by Crippen LogP contribution is -2.47. The molecule has 2 aliphatic rings. The first kappa shape index (κ1) is 21.7. The Morgan fingerprint density at radius 2 is 1.60 bits per heavy atom. The quantitative estimate of drug-likeness (QED) is 0.591. The van der Waals surface area contributed by atoms with Gasteiger partial charge in [-0.3, -0.25) is 9.69 Å². The molecule has 160 valence electrons. The number of hydrogen-bond donors (Lipinski definition) is 0. The Hall–Kier alpha value is -1.55. The van der Waals surface area contributed by atoms with Gasteiger partial charge in [-0.15, -0.1) is 0 Å². The summed E-state index contributed by atoms with van der Waals surface area (Å²) in [7, 11) is 0. The minimum absolute atomic E-state index is 0.0886. The van der Waals surface area contributed by atoms with Gasteiger partial charge < -0.3 is 4.90 Å². The lowest BCUT2D eigenvalue weighted by Gasteiger charge is -2.38. The summed E-state index contributed by atoms with van der Waals surface area (Å²) in [6.07, 6.45) is 5.36. The topological polar surface area (TPSA) is 23.6 Å². The average Bonchev–Trinajstić information content (AvgIpc) is 2.77. The van der Waals surface area contributed by atoms with Crippen LogP contribution in [0.15, 0.2) is 48.5 Å². The molecule has 2 aliphatic heterocycles. The molecule has 2 heterocycles. The van der Waals surface area contributed by atoms with Crippen LogP contribution in [0.4, 0.5) is 0 Å². The number of benzene rings is 2. The molecule has 2 fully saturated rings. The van der Waals surface area contributed by atoms with Gasteiger partial charge in [-0.05, 0) is 62.3 Å². The number of halogens is 2. The Kier molecular flexibility index (Phi) is 7.35. The van der Waals surface area contributed by atoms with Gasteiger partial charge in [-0.25, -0.2) is 0 Å². The molecule has 30 heavy (non-hydrogen) atoms. The Bertz CT molecular complexity index is 829. The second-order valence-electron chi connectivity index (χ2n) is 8.73. The number of likely N-dealkylation sites (tertiary alicyclic amines) is 2. The number of hydrogen-bond acceptors (Lipinski definition) is 2. The van der Waals surface area contributed by atoms with E-state index in [1.54, 1.807) is 0 Å². The first-order chi connectivity index (χ1) is 14.6. The van der Waals surface area contributed by atoms with Crippen LogP contribution in [0.25, 0.3) is 0 Å². The largest absolute Gasteiger partial charge is 0.342 e. The molecule has 0 bridgehead atoms. The van der Waals surface area contributed by atoms with Crippen LogP contribution in [0.1, 0.15) is 36.8 Å². The zero-order valence-electron chi connectivity index (χ0n) is 17.4. The van der Waals surface area contributed by atoms with E-state index in [1.165, 1.54) is 5.56 Å². The van der Waals surface area contributed by atoms with Crippen molar-refractivity contribution in [1.82, 2.24) is 9.80 Å². The van der Waals surface area contributed by atoms with E-state index < -0.39 is 0 Å². The van der Waals surface area contributed by atoms with Crippen LogP contribution in [-0.2, 0) is 17.8 Å². The molecule has 0 N–H and O–H groups in total. The van der Waals surface area contributed by atoms with Gasteiger partial charge in [0.2, 0.25) is 5.91 Å². The standard InChI is InChI=1S/C25H30Cl2N2O/c26-23-9-4-10-24(27)22(23)18-28-13-5-8-21(17-28)25(30)29-14-11-20(12-15-29)16-19-6-2-1-3-7-19/h1-4,6-7,9-10,20-21H,5,8,11-18H2/t21-/m0/s1. The Morgan fingerprint density at radius 1 is 0.900 bits per heavy atom. The van der Waals surface area contributed by atoms with Crippen molar-refractivity contribution >= 4 is 29.1 Å². The summed E-state index contributed by atoms with van der Waals surface area (Å²) in [5.41, 5.74) is 2.37. The molecule has 2 saturated heterocycles. The van der Waals surface area contributed by atoms with E-state index in [4.69, 9.17) is 23.2 Å². The molecule has 0 aliphatic carbocycles. The van der Waals surface area contributed by atoms with Crippen molar-refractivity contribution in [3.05, 3.63) is 69.7 Å². The second kappa shape index (κ2) is 10.2. The van der Waals surface area contributed by atoms with Gasteiger partial charge >= 0.3 is 0 Å². The van der Waals surface area contributed by atoms with Crippen molar-refractivity contribution in [2.24, 2.45) is 11.8 Å². The van der Waals surface area contributed by atoms with Crippen LogP contribution in [0, 0.1) is 11.8 Å². The van der Waals surface area contributed by atoms with Crippen LogP contribution < -0.4 is 0 Å². The molecule has 1 amide bonds. The average molecular weight is 445 g/mol. The molecule has 3 nitrogen and oxygen atoms in total. The minimum atomic E-state index is 0.0886. The zero-order chi connectivity index (χ0) is 20.9. The van der Waals surface area contributed by atoms with Crippen molar-refractivity contribution in [3.63, 3.8) is 0 Å². The van der Waals surface area contributed by atoms with Crippen LogP contribution in [0.3, 0.4) is 0 Å². The lowest BCUT2D eigenvalue weighted by atomic mass is 9.89. The summed E-state index contributed by atoms with van der Waals surface area (Å²) in [4.78, 5) is 17.6. The maximum absolute atomic E-state index is 13.2. The summed E-state index contributed by atoms with van der Waals surface area (Å²) in [5.74, 6) is 1.11. The second-order valence-corrected chi connectivity index (χ2v) is 9.55. The van der Waals surface area contributed by atoms with Gasteiger partial charge in [0.05, 0.1) is 5.92 Å². The van der Waals surface area contributed by atoms with E-state index in [-0.39, 0.29) is 5.92 Å². The molecule has 0 saturated carbocycles. The molecule has 2 aromatic carbocycles. The maximum Gasteiger partial charge on any atom is 0.226 e. The number of carbonyl (C=O) groups excluding carboxylic acids is 1. The first-order valence-corrected chi connectivity index (χ1v) is 11.8. The number of nitrogens with zero attached hydrogens (tertiary/aromatic N) is 2. The van der Waals surface area contributed by atoms with E-state index in [9.17, 15) is 4.79 Å². The van der Waals surface area contributed by atoms with Gasteiger partial charge in [0.25, 0.3) is 0 Å². The molecular weight excluding hydrogens is 415 g/mol. The van der Waals surface area contributed by atoms with Gasteiger partial charge in [0.15, 0.2) is 0 Å². The highest BCUT2D eigenvalue weighted by Crippen LogP contribution is 2.29. The highest BCUT2D eigenvalue weighted by atomic mass is 35.5. The van der Waals surface area contributed by atoms with Crippen LogP contribution >= 0.6 is 23.2 Å². The fourth-order valence-electron chi connectivity index (χ4n) is 4.87. The van der Waals surface area contributed by atoms with Crippen LogP contribution in [-0.4, -0.2) is 41.9 Å². The fourth-order valence-corrected chi connectivity index (χ4v) is 5.39. The Labute approximate surface area is 190 Å². The Balaban J connectivity index is 1.29. The predicted molar refractivity (Wildman–Crippen MR) is 124 cm³/mol. The first-order valence-electron chi connectivity index (χ1n) is 11.1. The van der Waals surface area contributed by atoms with Gasteiger partial charge in [0, 0.05) is 41.8 Å². The normalized spacial score (nSPS) is 21.0. The van der Waals surface area contributed by atoms with Crippen molar-refractivity contribution in [3.8, 4) is 0 Å². The maximum atomic E-state index is 13.2. The summed E-state index contributed by atoms with van der Waals surface area (Å²) < 4.78 is 0. The molecule has 0 radical (unpaired) electrons. The third-order valence-electron chi connectivity index (χ3n) is 6.59. The van der Waals surface area contributed by atoms with Gasteiger partial charge in [-0.2, -0.15) is 0 Å². The predicted octanol–water partition coefficient (Wildman–Crippen LogP) is 5.69. The van der Waals surface area contributed by atoms with Crippen LogP contribution in [0.2, 0.25) is 10.0 Å². The number of amides is 1. The molecule has 4 rings (SSSR count).